The lowest BCUT2D eigenvalue weighted by Crippen LogP contribution is -2.45. The number of ether oxygens (including phenoxy) is 2. The summed E-state index contributed by atoms with van der Waals surface area (Å²) in [5.74, 6) is -0.409. The number of carbonyl (C=O) groups is 1. The molecule has 1 aliphatic heterocycles. The van der Waals surface area contributed by atoms with Crippen LogP contribution in [0.25, 0.3) is 0 Å². The van der Waals surface area contributed by atoms with Gasteiger partial charge in [0, 0.05) is 5.70 Å². The third-order valence-electron chi connectivity index (χ3n) is 3.37. The van der Waals surface area contributed by atoms with Gasteiger partial charge >= 0.3 is 5.97 Å². The number of phenolic OH excluding ortho intramolecular Hbond substituents is 1. The first kappa shape index (κ1) is 17.4. The normalized spacial score (nSPS) is 17.4. The Bertz CT molecular complexity index is 690. The Balaban J connectivity index is 2.54. The van der Waals surface area contributed by atoms with Gasteiger partial charge in [-0.15, -0.1) is 0 Å². The van der Waals surface area contributed by atoms with Crippen molar-refractivity contribution in [1.29, 1.82) is 0 Å². The van der Waals surface area contributed by atoms with E-state index in [0.717, 1.165) is 0 Å². The van der Waals surface area contributed by atoms with E-state index in [-0.39, 0.29) is 23.1 Å². The van der Waals surface area contributed by atoms with Crippen molar-refractivity contribution in [3.05, 3.63) is 34.0 Å². The van der Waals surface area contributed by atoms with Gasteiger partial charge < -0.3 is 25.2 Å². The predicted octanol–water partition coefficient (Wildman–Crippen LogP) is 2.41. The average molecular weight is 357 g/mol. The van der Waals surface area contributed by atoms with Crippen molar-refractivity contribution in [2.45, 2.75) is 19.9 Å². The molecule has 0 bridgehead atoms. The SMILES string of the molecule is CCOC(=O)C1=C(C)NC(=S)N[C@H]1c1cc(Cl)c(O)c(OC)c1. The molecule has 8 heteroatoms. The fraction of sp³-hybridized carbons (Fsp3) is 0.333. The maximum atomic E-state index is 12.3. The minimum Gasteiger partial charge on any atom is -0.503 e. The monoisotopic (exact) mass is 356 g/mol. The quantitative estimate of drug-likeness (QED) is 0.564. The molecule has 0 spiro atoms. The van der Waals surface area contributed by atoms with Gasteiger partial charge in [-0.25, -0.2) is 4.79 Å². The third kappa shape index (κ3) is 3.51. The zero-order valence-electron chi connectivity index (χ0n) is 12.9. The first-order chi connectivity index (χ1) is 10.9. The number of benzene rings is 1. The van der Waals surface area contributed by atoms with E-state index in [1.165, 1.54) is 7.11 Å². The zero-order valence-corrected chi connectivity index (χ0v) is 14.5. The summed E-state index contributed by atoms with van der Waals surface area (Å²) in [5, 5.41) is 16.3. The lowest BCUT2D eigenvalue weighted by molar-refractivity contribution is -0.139. The number of halogens is 1. The molecule has 3 N–H and O–H groups in total. The lowest BCUT2D eigenvalue weighted by atomic mass is 9.95. The van der Waals surface area contributed by atoms with E-state index in [0.29, 0.717) is 21.9 Å². The van der Waals surface area contributed by atoms with Crippen molar-refractivity contribution in [3.63, 3.8) is 0 Å². The fourth-order valence-corrected chi connectivity index (χ4v) is 2.83. The number of esters is 1. The summed E-state index contributed by atoms with van der Waals surface area (Å²) >= 11 is 11.2. The molecule has 0 aromatic heterocycles. The van der Waals surface area contributed by atoms with Gasteiger partial charge in [0.2, 0.25) is 0 Å². The number of aromatic hydroxyl groups is 1. The van der Waals surface area contributed by atoms with E-state index in [9.17, 15) is 9.90 Å². The van der Waals surface area contributed by atoms with E-state index >= 15 is 0 Å². The number of hydrogen-bond acceptors (Lipinski definition) is 5. The van der Waals surface area contributed by atoms with Gasteiger partial charge in [0.05, 0.1) is 30.4 Å². The van der Waals surface area contributed by atoms with Crippen molar-refractivity contribution in [1.82, 2.24) is 10.6 Å². The summed E-state index contributed by atoms with van der Waals surface area (Å²) in [7, 11) is 1.42. The molecule has 1 aromatic rings. The van der Waals surface area contributed by atoms with Gasteiger partial charge in [0.15, 0.2) is 16.6 Å². The Morgan fingerprint density at radius 2 is 2.17 bits per heavy atom. The Hall–Kier alpha value is -1.99. The van der Waals surface area contributed by atoms with Gasteiger partial charge in [0.1, 0.15) is 0 Å². The van der Waals surface area contributed by atoms with Crippen LogP contribution in [0, 0.1) is 0 Å². The predicted molar refractivity (Wildman–Crippen MR) is 90.6 cm³/mol. The maximum Gasteiger partial charge on any atom is 0.338 e. The fourth-order valence-electron chi connectivity index (χ4n) is 2.34. The van der Waals surface area contributed by atoms with Gasteiger partial charge in [-0.3, -0.25) is 0 Å². The van der Waals surface area contributed by atoms with Crippen LogP contribution in [0.15, 0.2) is 23.4 Å². The second-order valence-corrected chi connectivity index (χ2v) is 5.66. The molecule has 0 saturated heterocycles. The molecule has 1 aliphatic rings. The molecule has 0 radical (unpaired) electrons. The van der Waals surface area contributed by atoms with E-state index in [1.54, 1.807) is 26.0 Å². The first-order valence-corrected chi connectivity index (χ1v) is 7.69. The van der Waals surface area contributed by atoms with Crippen LogP contribution in [-0.2, 0) is 9.53 Å². The number of nitrogens with one attached hydrogen (secondary N) is 2. The molecule has 1 aromatic carbocycles. The molecule has 124 valence electrons. The highest BCUT2D eigenvalue weighted by molar-refractivity contribution is 7.80. The summed E-state index contributed by atoms with van der Waals surface area (Å²) in [6.07, 6.45) is 0. The molecule has 0 unspecified atom stereocenters. The Morgan fingerprint density at radius 3 is 2.78 bits per heavy atom. The number of hydrogen-bond donors (Lipinski definition) is 3. The number of phenols is 1. The second-order valence-electron chi connectivity index (χ2n) is 4.84. The molecule has 1 heterocycles. The average Bonchev–Trinajstić information content (AvgIpc) is 2.49. The number of methoxy groups -OCH3 is 1. The van der Waals surface area contributed by atoms with Crippen LogP contribution in [0.5, 0.6) is 11.5 Å². The first-order valence-electron chi connectivity index (χ1n) is 6.90. The summed E-state index contributed by atoms with van der Waals surface area (Å²) in [4.78, 5) is 12.3. The van der Waals surface area contributed by atoms with Crippen LogP contribution in [0.2, 0.25) is 5.02 Å². The molecule has 2 rings (SSSR count). The molecule has 1 atom stereocenters. The molecule has 0 amide bonds. The van der Waals surface area contributed by atoms with Crippen LogP contribution < -0.4 is 15.4 Å². The number of thiocarbonyl (C=S) groups is 1. The van der Waals surface area contributed by atoms with Crippen LogP contribution in [0.1, 0.15) is 25.5 Å². The van der Waals surface area contributed by atoms with E-state index in [1.807, 2.05) is 0 Å². The third-order valence-corrected chi connectivity index (χ3v) is 3.88. The smallest absolute Gasteiger partial charge is 0.338 e. The van der Waals surface area contributed by atoms with E-state index in [2.05, 4.69) is 10.6 Å². The van der Waals surface area contributed by atoms with Crippen molar-refractivity contribution in [3.8, 4) is 11.5 Å². The summed E-state index contributed by atoms with van der Waals surface area (Å²) < 4.78 is 10.2. The highest BCUT2D eigenvalue weighted by atomic mass is 35.5. The summed E-state index contributed by atoms with van der Waals surface area (Å²) in [6, 6.07) is 2.59. The molecule has 23 heavy (non-hydrogen) atoms. The van der Waals surface area contributed by atoms with Gasteiger partial charge in [-0.1, -0.05) is 11.6 Å². The van der Waals surface area contributed by atoms with Crippen molar-refractivity contribution >= 4 is 34.9 Å². The lowest BCUT2D eigenvalue weighted by Gasteiger charge is -2.30. The Morgan fingerprint density at radius 1 is 1.48 bits per heavy atom. The van der Waals surface area contributed by atoms with Crippen LogP contribution >= 0.6 is 23.8 Å². The topological polar surface area (TPSA) is 79.8 Å². The molecule has 0 aliphatic carbocycles. The molecular weight excluding hydrogens is 340 g/mol. The standard InChI is InChI=1S/C15H17ClN2O4S/c1-4-22-14(20)11-7(2)17-15(23)18-12(11)8-5-9(16)13(19)10(6-8)21-3/h5-6,12,19H,4H2,1-3H3,(H2,17,18,23)/t12-/m0/s1. The highest BCUT2D eigenvalue weighted by Gasteiger charge is 2.31. The second kappa shape index (κ2) is 7.06. The van der Waals surface area contributed by atoms with E-state index in [4.69, 9.17) is 33.3 Å². The van der Waals surface area contributed by atoms with Gasteiger partial charge in [0.25, 0.3) is 0 Å². The van der Waals surface area contributed by atoms with Crippen LogP contribution in [0.3, 0.4) is 0 Å². The van der Waals surface area contributed by atoms with Crippen molar-refractivity contribution in [2.75, 3.05) is 13.7 Å². The number of allylic oxidation sites excluding steroid dienone is 1. The summed E-state index contributed by atoms with van der Waals surface area (Å²) in [6.45, 7) is 3.73. The van der Waals surface area contributed by atoms with Gasteiger partial charge in [-0.05, 0) is 43.8 Å². The van der Waals surface area contributed by atoms with Crippen molar-refractivity contribution < 1.29 is 19.4 Å². The Labute approximate surface area is 144 Å². The maximum absolute atomic E-state index is 12.3. The largest absolute Gasteiger partial charge is 0.503 e. The molecule has 0 fully saturated rings. The number of carbonyl (C=O) groups excluding carboxylic acids is 1. The van der Waals surface area contributed by atoms with Crippen LogP contribution in [0.4, 0.5) is 0 Å². The molecule has 6 nitrogen and oxygen atoms in total. The Kier molecular flexibility index (Phi) is 5.33. The van der Waals surface area contributed by atoms with Crippen LogP contribution in [-0.4, -0.2) is 29.9 Å². The number of rotatable bonds is 4. The molecule has 0 saturated carbocycles. The van der Waals surface area contributed by atoms with Gasteiger partial charge in [-0.2, -0.15) is 0 Å². The minimum atomic E-state index is -0.560. The minimum absolute atomic E-state index is 0.117. The molecular formula is C15H17ClN2O4S. The zero-order chi connectivity index (χ0) is 17.1. The van der Waals surface area contributed by atoms with E-state index < -0.39 is 12.0 Å². The van der Waals surface area contributed by atoms with Crippen molar-refractivity contribution in [2.24, 2.45) is 0 Å². The summed E-state index contributed by atoms with van der Waals surface area (Å²) in [5.41, 5.74) is 1.61. The highest BCUT2D eigenvalue weighted by Crippen LogP contribution is 2.39.